The topological polar surface area (TPSA) is 41.6 Å². The van der Waals surface area contributed by atoms with Crippen LogP contribution in [0.25, 0.3) is 0 Å². The minimum absolute atomic E-state index is 0.328. The fourth-order valence-electron chi connectivity index (χ4n) is 1.06. The third-order valence-corrected chi connectivity index (χ3v) is 2.61. The Bertz CT molecular complexity index is 270. The van der Waals surface area contributed by atoms with Crippen molar-refractivity contribution >= 4 is 0 Å². The second kappa shape index (κ2) is 3.48. The van der Waals surface area contributed by atoms with Crippen molar-refractivity contribution in [2.75, 3.05) is 0 Å². The Balaban J connectivity index is 2.60. The molecule has 0 aromatic carbocycles. The van der Waals surface area contributed by atoms with Gasteiger partial charge in [0.05, 0.1) is 0 Å². The van der Waals surface area contributed by atoms with Crippen LogP contribution in [-0.4, -0.2) is 15.2 Å². The van der Waals surface area contributed by atoms with Gasteiger partial charge in [0, 0.05) is 6.42 Å². The summed E-state index contributed by atoms with van der Waals surface area (Å²) < 4.78 is 0. The zero-order valence-electron chi connectivity index (χ0n) is 9.18. The molecule has 0 saturated heterocycles. The SMILES string of the molecule is Cc1nc(CC(C)C(C)(C)C)n[nH]1. The van der Waals surface area contributed by atoms with Gasteiger partial charge in [0.1, 0.15) is 5.82 Å². The van der Waals surface area contributed by atoms with Crippen LogP contribution in [0.1, 0.15) is 39.3 Å². The summed E-state index contributed by atoms with van der Waals surface area (Å²) in [7, 11) is 0. The first-order chi connectivity index (χ1) is 5.89. The van der Waals surface area contributed by atoms with E-state index in [0.29, 0.717) is 11.3 Å². The molecule has 0 radical (unpaired) electrons. The lowest BCUT2D eigenvalue weighted by Gasteiger charge is -2.25. The van der Waals surface area contributed by atoms with Crippen LogP contribution in [-0.2, 0) is 6.42 Å². The molecule has 1 unspecified atom stereocenters. The molecule has 1 rings (SSSR count). The number of rotatable bonds is 2. The number of aromatic nitrogens is 3. The lowest BCUT2D eigenvalue weighted by Crippen LogP contribution is -2.19. The van der Waals surface area contributed by atoms with E-state index < -0.39 is 0 Å². The molecule has 13 heavy (non-hydrogen) atoms. The summed E-state index contributed by atoms with van der Waals surface area (Å²) >= 11 is 0. The molecule has 0 bridgehead atoms. The summed E-state index contributed by atoms with van der Waals surface area (Å²) in [5, 5.41) is 7.00. The first-order valence-corrected chi connectivity index (χ1v) is 4.77. The maximum absolute atomic E-state index is 4.30. The quantitative estimate of drug-likeness (QED) is 0.760. The molecule has 1 heterocycles. The highest BCUT2D eigenvalue weighted by molar-refractivity contribution is 4.90. The Labute approximate surface area is 80.0 Å². The number of H-pyrrole nitrogens is 1. The number of aromatic amines is 1. The van der Waals surface area contributed by atoms with E-state index >= 15 is 0 Å². The molecule has 1 N–H and O–H groups in total. The van der Waals surface area contributed by atoms with Crippen molar-refractivity contribution < 1.29 is 0 Å². The molecule has 1 aromatic heterocycles. The molecule has 0 spiro atoms. The molecule has 3 nitrogen and oxygen atoms in total. The number of nitrogens with zero attached hydrogens (tertiary/aromatic N) is 2. The predicted molar refractivity (Wildman–Crippen MR) is 53.4 cm³/mol. The highest BCUT2D eigenvalue weighted by atomic mass is 15.2. The van der Waals surface area contributed by atoms with Gasteiger partial charge in [-0.25, -0.2) is 4.98 Å². The first-order valence-electron chi connectivity index (χ1n) is 4.77. The zero-order valence-corrected chi connectivity index (χ0v) is 9.18. The van der Waals surface area contributed by atoms with Crippen molar-refractivity contribution in [2.24, 2.45) is 11.3 Å². The van der Waals surface area contributed by atoms with Crippen molar-refractivity contribution in [1.29, 1.82) is 0 Å². The minimum Gasteiger partial charge on any atom is -0.263 e. The van der Waals surface area contributed by atoms with Crippen molar-refractivity contribution in [1.82, 2.24) is 15.2 Å². The third-order valence-electron chi connectivity index (χ3n) is 2.61. The summed E-state index contributed by atoms with van der Waals surface area (Å²) in [4.78, 5) is 4.30. The molecule has 3 heteroatoms. The highest BCUT2D eigenvalue weighted by Crippen LogP contribution is 2.27. The Hall–Kier alpha value is -0.860. The normalized spacial score (nSPS) is 14.5. The standard InChI is InChI=1S/C10H19N3/c1-7(10(3,4)5)6-9-11-8(2)12-13-9/h7H,6H2,1-5H3,(H,11,12,13). The number of nitrogens with one attached hydrogen (secondary N) is 1. The van der Waals surface area contributed by atoms with Gasteiger partial charge in [0.15, 0.2) is 5.82 Å². The molecule has 1 aromatic rings. The Kier molecular flexibility index (Phi) is 2.74. The average Bonchev–Trinajstić information content (AvgIpc) is 2.33. The number of hydrogen-bond acceptors (Lipinski definition) is 2. The molecular formula is C10H19N3. The highest BCUT2D eigenvalue weighted by Gasteiger charge is 2.21. The smallest absolute Gasteiger partial charge is 0.150 e. The fourth-order valence-corrected chi connectivity index (χ4v) is 1.06. The predicted octanol–water partition coefficient (Wildman–Crippen LogP) is 2.34. The number of aryl methyl sites for hydroxylation is 1. The molecule has 74 valence electrons. The van der Waals surface area contributed by atoms with E-state index in [9.17, 15) is 0 Å². The van der Waals surface area contributed by atoms with Crippen LogP contribution < -0.4 is 0 Å². The molecule has 0 aliphatic rings. The van der Waals surface area contributed by atoms with Gasteiger partial charge < -0.3 is 0 Å². The second-order valence-corrected chi connectivity index (χ2v) is 4.81. The van der Waals surface area contributed by atoms with Crippen molar-refractivity contribution in [3.05, 3.63) is 11.6 Å². The van der Waals surface area contributed by atoms with E-state index in [1.54, 1.807) is 0 Å². The van der Waals surface area contributed by atoms with Gasteiger partial charge in [-0.05, 0) is 18.3 Å². The molecule has 0 aliphatic heterocycles. The van der Waals surface area contributed by atoms with Crippen LogP contribution in [0.15, 0.2) is 0 Å². The lowest BCUT2D eigenvalue weighted by atomic mass is 9.80. The van der Waals surface area contributed by atoms with Crippen LogP contribution >= 0.6 is 0 Å². The monoisotopic (exact) mass is 181 g/mol. The summed E-state index contributed by atoms with van der Waals surface area (Å²) in [5.74, 6) is 2.43. The van der Waals surface area contributed by atoms with Crippen LogP contribution in [0, 0.1) is 18.3 Å². The van der Waals surface area contributed by atoms with Gasteiger partial charge in [-0.15, -0.1) is 0 Å². The van der Waals surface area contributed by atoms with E-state index in [-0.39, 0.29) is 0 Å². The average molecular weight is 181 g/mol. The summed E-state index contributed by atoms with van der Waals surface area (Å²) in [6.45, 7) is 10.9. The van der Waals surface area contributed by atoms with Crippen LogP contribution in [0.3, 0.4) is 0 Å². The zero-order chi connectivity index (χ0) is 10.1. The van der Waals surface area contributed by atoms with Crippen molar-refractivity contribution in [3.8, 4) is 0 Å². The van der Waals surface area contributed by atoms with Gasteiger partial charge in [-0.1, -0.05) is 27.7 Å². The summed E-state index contributed by atoms with van der Waals surface area (Å²) in [6, 6.07) is 0. The maximum Gasteiger partial charge on any atom is 0.150 e. The Morgan fingerprint density at radius 1 is 1.38 bits per heavy atom. The van der Waals surface area contributed by atoms with Crippen LogP contribution in [0.5, 0.6) is 0 Å². The van der Waals surface area contributed by atoms with Gasteiger partial charge in [0.2, 0.25) is 0 Å². The largest absolute Gasteiger partial charge is 0.263 e. The van der Waals surface area contributed by atoms with Gasteiger partial charge in [0.25, 0.3) is 0 Å². The fraction of sp³-hybridized carbons (Fsp3) is 0.800. The second-order valence-electron chi connectivity index (χ2n) is 4.81. The first kappa shape index (κ1) is 10.2. The van der Waals surface area contributed by atoms with Crippen LogP contribution in [0.2, 0.25) is 0 Å². The Morgan fingerprint density at radius 3 is 2.38 bits per heavy atom. The molecule has 0 aliphatic carbocycles. The van der Waals surface area contributed by atoms with Crippen molar-refractivity contribution in [2.45, 2.75) is 41.0 Å². The van der Waals surface area contributed by atoms with E-state index in [1.807, 2.05) is 6.92 Å². The summed E-state index contributed by atoms with van der Waals surface area (Å²) in [5.41, 5.74) is 0.328. The van der Waals surface area contributed by atoms with E-state index in [0.717, 1.165) is 18.1 Å². The third kappa shape index (κ3) is 2.83. The minimum atomic E-state index is 0.328. The maximum atomic E-state index is 4.30. The van der Waals surface area contributed by atoms with E-state index in [1.165, 1.54) is 0 Å². The molecule has 0 amide bonds. The molecular weight excluding hydrogens is 162 g/mol. The molecule has 1 atom stereocenters. The van der Waals surface area contributed by atoms with Gasteiger partial charge >= 0.3 is 0 Å². The lowest BCUT2D eigenvalue weighted by molar-refractivity contribution is 0.257. The Morgan fingerprint density at radius 2 is 2.00 bits per heavy atom. The van der Waals surface area contributed by atoms with E-state index in [2.05, 4.69) is 42.9 Å². The molecule has 0 saturated carbocycles. The van der Waals surface area contributed by atoms with E-state index in [4.69, 9.17) is 0 Å². The summed E-state index contributed by atoms with van der Waals surface area (Å²) in [6.07, 6.45) is 0.952. The van der Waals surface area contributed by atoms with Gasteiger partial charge in [-0.3, -0.25) is 5.10 Å². The van der Waals surface area contributed by atoms with Crippen molar-refractivity contribution in [3.63, 3.8) is 0 Å². The number of hydrogen-bond donors (Lipinski definition) is 1. The van der Waals surface area contributed by atoms with Gasteiger partial charge in [-0.2, -0.15) is 5.10 Å². The van der Waals surface area contributed by atoms with Crippen LogP contribution in [0.4, 0.5) is 0 Å². The molecule has 0 fully saturated rings.